The van der Waals surface area contributed by atoms with E-state index < -0.39 is 0 Å². The molecule has 1 N–H and O–H groups in total. The largest absolute Gasteiger partial charge is 0.329 e. The first kappa shape index (κ1) is 14.9. The van der Waals surface area contributed by atoms with E-state index in [-0.39, 0.29) is 5.91 Å². The molecule has 23 heavy (non-hydrogen) atoms. The van der Waals surface area contributed by atoms with E-state index in [1.54, 1.807) is 22.2 Å². The summed E-state index contributed by atoms with van der Waals surface area (Å²) in [4.78, 5) is 15.2. The van der Waals surface area contributed by atoms with Crippen LogP contribution >= 0.6 is 11.3 Å². The third-order valence-corrected chi connectivity index (χ3v) is 6.09. The van der Waals surface area contributed by atoms with E-state index in [1.807, 2.05) is 13.1 Å². The zero-order valence-electron chi connectivity index (χ0n) is 13.4. The molecular weight excluding hydrogens is 308 g/mol. The number of nitrogens with zero attached hydrogens (tertiary/aromatic N) is 3. The Hall–Kier alpha value is -1.66. The number of aryl methyl sites for hydroxylation is 1. The Labute approximate surface area is 140 Å². The van der Waals surface area contributed by atoms with Gasteiger partial charge >= 0.3 is 0 Å². The molecule has 0 radical (unpaired) electrons. The smallest absolute Gasteiger partial charge is 0.272 e. The summed E-state index contributed by atoms with van der Waals surface area (Å²) in [7, 11) is 1.84. The van der Waals surface area contributed by atoms with Crippen molar-refractivity contribution in [2.75, 3.05) is 13.1 Å². The summed E-state index contributed by atoms with van der Waals surface area (Å²) in [5.41, 5.74) is 2.24. The minimum absolute atomic E-state index is 0.108. The summed E-state index contributed by atoms with van der Waals surface area (Å²) in [5, 5.41) is 11.8. The molecule has 2 fully saturated rings. The number of carbonyl (C=O) groups excluding carboxylic acids is 1. The molecular formula is C17H22N4OS. The van der Waals surface area contributed by atoms with Crippen LogP contribution in [0.3, 0.4) is 0 Å². The molecule has 5 nitrogen and oxygen atoms in total. The normalized spacial score (nSPS) is 22.2. The predicted molar refractivity (Wildman–Crippen MR) is 90.3 cm³/mol. The highest BCUT2D eigenvalue weighted by molar-refractivity contribution is 7.07. The van der Waals surface area contributed by atoms with Crippen LogP contribution in [0.2, 0.25) is 0 Å². The number of rotatable bonds is 4. The molecule has 6 heteroatoms. The molecule has 0 aromatic carbocycles. The summed E-state index contributed by atoms with van der Waals surface area (Å²) in [6.45, 7) is 2.85. The number of hydrogen-bond donors (Lipinski definition) is 1. The Morgan fingerprint density at radius 2 is 2.30 bits per heavy atom. The Morgan fingerprint density at radius 3 is 2.96 bits per heavy atom. The summed E-state index contributed by atoms with van der Waals surface area (Å²) in [6, 6.07) is 4.30. The van der Waals surface area contributed by atoms with E-state index in [9.17, 15) is 4.79 Å². The summed E-state index contributed by atoms with van der Waals surface area (Å²) >= 11 is 1.69. The first-order valence-corrected chi connectivity index (χ1v) is 9.15. The van der Waals surface area contributed by atoms with Crippen molar-refractivity contribution in [1.29, 1.82) is 0 Å². The minimum atomic E-state index is 0.108. The molecule has 1 amide bonds. The van der Waals surface area contributed by atoms with Crippen LogP contribution < -0.4 is 5.32 Å². The van der Waals surface area contributed by atoms with Gasteiger partial charge in [0.05, 0.1) is 0 Å². The average Bonchev–Trinajstić information content (AvgIpc) is 2.97. The van der Waals surface area contributed by atoms with Gasteiger partial charge < -0.3 is 10.2 Å². The van der Waals surface area contributed by atoms with Gasteiger partial charge in [0, 0.05) is 25.8 Å². The molecule has 1 aliphatic carbocycles. The van der Waals surface area contributed by atoms with Crippen molar-refractivity contribution in [3.63, 3.8) is 0 Å². The Morgan fingerprint density at radius 1 is 1.48 bits per heavy atom. The molecule has 4 rings (SSSR count). The highest BCUT2D eigenvalue weighted by atomic mass is 32.1. The van der Waals surface area contributed by atoms with Crippen molar-refractivity contribution in [2.45, 2.75) is 31.8 Å². The van der Waals surface area contributed by atoms with E-state index in [4.69, 9.17) is 0 Å². The molecule has 1 aliphatic heterocycles. The van der Waals surface area contributed by atoms with Gasteiger partial charge in [0.2, 0.25) is 0 Å². The standard InChI is InChI=1S/C17H22N4OS/c1-20-14(2-6-19-20)16(22)21(11-13-3-9-23-12-13)15-10-17(15)4-7-18-8-5-17/h2-3,6,9,12,15,18H,4-5,7-8,10-11H2,1H3. The van der Waals surface area contributed by atoms with Gasteiger partial charge in [0.25, 0.3) is 5.91 Å². The van der Waals surface area contributed by atoms with Gasteiger partial charge in [-0.2, -0.15) is 16.4 Å². The Bertz CT molecular complexity index is 687. The maximum atomic E-state index is 13.1. The van der Waals surface area contributed by atoms with Gasteiger partial charge in [0.15, 0.2) is 0 Å². The average molecular weight is 330 g/mol. The second-order valence-corrected chi connectivity index (χ2v) is 7.52. The maximum Gasteiger partial charge on any atom is 0.272 e. The van der Waals surface area contributed by atoms with E-state index in [2.05, 4.69) is 32.1 Å². The number of aromatic nitrogens is 2. The van der Waals surface area contributed by atoms with Gasteiger partial charge in [-0.3, -0.25) is 9.48 Å². The van der Waals surface area contributed by atoms with E-state index >= 15 is 0 Å². The number of hydrogen-bond acceptors (Lipinski definition) is 4. The topological polar surface area (TPSA) is 50.2 Å². The van der Waals surface area contributed by atoms with E-state index in [0.29, 0.717) is 23.7 Å². The predicted octanol–water partition coefficient (Wildman–Crippen LogP) is 2.27. The van der Waals surface area contributed by atoms with Crippen LogP contribution in [0, 0.1) is 5.41 Å². The maximum absolute atomic E-state index is 13.1. The van der Waals surface area contributed by atoms with Crippen LogP contribution in [-0.4, -0.2) is 39.7 Å². The SMILES string of the molecule is Cn1nccc1C(=O)N(Cc1ccsc1)C1CC12CCNCC2. The zero-order valence-corrected chi connectivity index (χ0v) is 14.2. The zero-order chi connectivity index (χ0) is 15.9. The van der Waals surface area contributed by atoms with Crippen molar-refractivity contribution >= 4 is 17.2 Å². The van der Waals surface area contributed by atoms with Crippen LogP contribution in [-0.2, 0) is 13.6 Å². The molecule has 1 spiro atoms. The van der Waals surface area contributed by atoms with Crippen LogP contribution in [0.1, 0.15) is 35.3 Å². The molecule has 3 heterocycles. The summed E-state index contributed by atoms with van der Waals surface area (Å²) < 4.78 is 1.68. The molecule has 1 saturated carbocycles. The van der Waals surface area contributed by atoms with Gasteiger partial charge in [-0.05, 0) is 66.2 Å². The third-order valence-electron chi connectivity index (χ3n) is 5.36. The Kier molecular flexibility index (Phi) is 3.73. The highest BCUT2D eigenvalue weighted by Gasteiger charge is 2.57. The first-order chi connectivity index (χ1) is 11.2. The molecule has 0 bridgehead atoms. The second kappa shape index (κ2) is 5.76. The summed E-state index contributed by atoms with van der Waals surface area (Å²) in [6.07, 6.45) is 5.19. The number of nitrogens with one attached hydrogen (secondary N) is 1. The van der Waals surface area contributed by atoms with E-state index in [1.165, 1.54) is 18.4 Å². The molecule has 122 valence electrons. The van der Waals surface area contributed by atoms with Gasteiger partial charge in [-0.25, -0.2) is 0 Å². The molecule has 1 unspecified atom stereocenters. The van der Waals surface area contributed by atoms with Crippen LogP contribution in [0.25, 0.3) is 0 Å². The van der Waals surface area contributed by atoms with Crippen molar-refractivity contribution < 1.29 is 4.79 Å². The van der Waals surface area contributed by atoms with Crippen molar-refractivity contribution in [3.8, 4) is 0 Å². The summed E-state index contributed by atoms with van der Waals surface area (Å²) in [5.74, 6) is 0.108. The highest BCUT2D eigenvalue weighted by Crippen LogP contribution is 2.56. The lowest BCUT2D eigenvalue weighted by Gasteiger charge is -2.29. The van der Waals surface area contributed by atoms with Crippen LogP contribution in [0.4, 0.5) is 0 Å². The van der Waals surface area contributed by atoms with Crippen LogP contribution in [0.15, 0.2) is 29.1 Å². The number of thiophene rings is 1. The fraction of sp³-hybridized carbons (Fsp3) is 0.529. The lowest BCUT2D eigenvalue weighted by molar-refractivity contribution is 0.0681. The molecule has 1 atom stereocenters. The van der Waals surface area contributed by atoms with Crippen LogP contribution in [0.5, 0.6) is 0 Å². The van der Waals surface area contributed by atoms with Crippen molar-refractivity contribution in [1.82, 2.24) is 20.0 Å². The fourth-order valence-corrected chi connectivity index (χ4v) is 4.52. The van der Waals surface area contributed by atoms with Crippen molar-refractivity contribution in [3.05, 3.63) is 40.3 Å². The lowest BCUT2D eigenvalue weighted by Crippen LogP contribution is -2.39. The number of piperidine rings is 1. The number of amides is 1. The second-order valence-electron chi connectivity index (χ2n) is 6.74. The fourth-order valence-electron chi connectivity index (χ4n) is 3.86. The quantitative estimate of drug-likeness (QED) is 0.935. The lowest BCUT2D eigenvalue weighted by atomic mass is 9.93. The minimum Gasteiger partial charge on any atom is -0.329 e. The van der Waals surface area contributed by atoms with Gasteiger partial charge in [-0.15, -0.1) is 0 Å². The molecule has 2 aromatic rings. The molecule has 2 aliphatic rings. The van der Waals surface area contributed by atoms with Crippen molar-refractivity contribution in [2.24, 2.45) is 12.5 Å². The van der Waals surface area contributed by atoms with Gasteiger partial charge in [-0.1, -0.05) is 0 Å². The number of carbonyl (C=O) groups is 1. The monoisotopic (exact) mass is 330 g/mol. The third kappa shape index (κ3) is 2.70. The Balaban J connectivity index is 1.59. The molecule has 1 saturated heterocycles. The van der Waals surface area contributed by atoms with E-state index in [0.717, 1.165) is 19.5 Å². The van der Waals surface area contributed by atoms with Gasteiger partial charge in [0.1, 0.15) is 5.69 Å². The first-order valence-electron chi connectivity index (χ1n) is 8.20. The molecule has 2 aromatic heterocycles.